The molecule has 0 saturated heterocycles. The number of rotatable bonds is 0. The van der Waals surface area contributed by atoms with Crippen LogP contribution >= 0.6 is 47.2 Å². The molecule has 1 aromatic rings. The van der Waals surface area contributed by atoms with E-state index in [1.54, 1.807) is 12.1 Å². The van der Waals surface area contributed by atoms with Crippen LogP contribution in [0.25, 0.3) is 0 Å². The van der Waals surface area contributed by atoms with Gasteiger partial charge in [-0.05, 0) is 12.1 Å². The molecule has 1 aromatic carbocycles. The van der Waals surface area contributed by atoms with Crippen molar-refractivity contribution in [2.45, 2.75) is 0 Å². The molecular weight excluding hydrogens is 228 g/mol. The second-order valence-electron chi connectivity index (χ2n) is 1.76. The van der Waals surface area contributed by atoms with Gasteiger partial charge in [0.1, 0.15) is 0 Å². The molecule has 2 N–H and O–H groups in total. The second kappa shape index (κ2) is 4.27. The molecule has 0 aliphatic rings. The fourth-order valence-electron chi connectivity index (χ4n) is 0.541. The normalized spacial score (nSPS) is 9.00. The molecule has 0 aliphatic heterocycles. The zero-order valence-electron chi connectivity index (χ0n) is 5.27. The summed E-state index contributed by atoms with van der Waals surface area (Å²) in [6.45, 7) is 0. The van der Waals surface area contributed by atoms with Crippen LogP contribution in [0, 0.1) is 0 Å². The number of benzene rings is 1. The van der Waals surface area contributed by atoms with Crippen LogP contribution in [-0.2, 0) is 0 Å². The van der Waals surface area contributed by atoms with Crippen molar-refractivity contribution in [1.29, 1.82) is 0 Å². The van der Waals surface area contributed by atoms with Crippen LogP contribution in [0.5, 0.6) is 0 Å². The lowest BCUT2D eigenvalue weighted by Crippen LogP contribution is -1.85. The molecule has 5 heteroatoms. The maximum atomic E-state index is 5.64. The summed E-state index contributed by atoms with van der Waals surface area (Å²) < 4.78 is 0. The molecule has 1 nitrogen and oxygen atoms in total. The van der Waals surface area contributed by atoms with E-state index in [1.165, 1.54) is 0 Å². The van der Waals surface area contributed by atoms with Crippen molar-refractivity contribution >= 4 is 52.9 Å². The monoisotopic (exact) mass is 231 g/mol. The number of halogens is 4. The molecule has 0 saturated carbocycles. The quantitative estimate of drug-likeness (QED) is 0.537. The van der Waals surface area contributed by atoms with Crippen molar-refractivity contribution in [3.63, 3.8) is 0 Å². The van der Waals surface area contributed by atoms with Gasteiger partial charge in [-0.2, -0.15) is 0 Å². The smallest absolute Gasteiger partial charge is 0.0836 e. The predicted molar refractivity (Wildman–Crippen MR) is 53.1 cm³/mol. The standard InChI is InChI=1S/C6H4Cl3N.ClH/c7-3-1-2-4(10)6(9)5(3)8;/h1-2H,10H2;1H. The average Bonchev–Trinajstić information content (AvgIpc) is 1.93. The zero-order chi connectivity index (χ0) is 7.72. The maximum Gasteiger partial charge on any atom is 0.0836 e. The van der Waals surface area contributed by atoms with Crippen molar-refractivity contribution in [2.75, 3.05) is 5.73 Å². The number of hydrogen-bond acceptors (Lipinski definition) is 1. The molecule has 0 atom stereocenters. The molecule has 0 aliphatic carbocycles. The molecule has 1 rings (SSSR count). The van der Waals surface area contributed by atoms with Crippen LogP contribution in [0.2, 0.25) is 15.1 Å². The molecule has 0 amide bonds. The SMILES string of the molecule is Cl.Nc1ccc(Cl)c(Cl)c1Cl. The van der Waals surface area contributed by atoms with E-state index in [9.17, 15) is 0 Å². The average molecular weight is 233 g/mol. The Morgan fingerprint density at radius 1 is 1.00 bits per heavy atom. The van der Waals surface area contributed by atoms with Crippen LogP contribution in [-0.4, -0.2) is 0 Å². The highest BCUT2D eigenvalue weighted by Crippen LogP contribution is 2.33. The van der Waals surface area contributed by atoms with E-state index in [-0.39, 0.29) is 12.4 Å². The summed E-state index contributed by atoms with van der Waals surface area (Å²) in [6, 6.07) is 3.21. The molecular formula is C6H5Cl4N. The van der Waals surface area contributed by atoms with Crippen molar-refractivity contribution in [3.8, 4) is 0 Å². The van der Waals surface area contributed by atoms with Crippen molar-refractivity contribution < 1.29 is 0 Å². The highest BCUT2D eigenvalue weighted by Gasteiger charge is 2.04. The third-order valence-corrected chi connectivity index (χ3v) is 2.37. The van der Waals surface area contributed by atoms with Crippen molar-refractivity contribution in [2.24, 2.45) is 0 Å². The third-order valence-electron chi connectivity index (χ3n) is 1.07. The number of anilines is 1. The third kappa shape index (κ3) is 2.31. The predicted octanol–water partition coefficient (Wildman–Crippen LogP) is 3.65. The first-order valence-electron chi connectivity index (χ1n) is 2.52. The van der Waals surface area contributed by atoms with Crippen molar-refractivity contribution in [1.82, 2.24) is 0 Å². The second-order valence-corrected chi connectivity index (χ2v) is 2.93. The lowest BCUT2D eigenvalue weighted by molar-refractivity contribution is 1.68. The number of hydrogen-bond donors (Lipinski definition) is 1. The fourth-order valence-corrected chi connectivity index (χ4v) is 1.08. The van der Waals surface area contributed by atoms with E-state index in [0.29, 0.717) is 20.8 Å². The van der Waals surface area contributed by atoms with Crippen LogP contribution in [0.4, 0.5) is 5.69 Å². The Balaban J connectivity index is 0.000001000. The summed E-state index contributed by atoms with van der Waals surface area (Å²) in [5.41, 5.74) is 5.86. The number of nitrogens with two attached hydrogens (primary N) is 1. The van der Waals surface area contributed by atoms with Crippen LogP contribution < -0.4 is 5.73 Å². The maximum absolute atomic E-state index is 5.64. The first-order chi connectivity index (χ1) is 4.63. The van der Waals surface area contributed by atoms with E-state index in [1.807, 2.05) is 0 Å². The van der Waals surface area contributed by atoms with Gasteiger partial charge in [-0.15, -0.1) is 12.4 Å². The summed E-state index contributed by atoms with van der Waals surface area (Å²) in [6.07, 6.45) is 0. The fraction of sp³-hybridized carbons (Fsp3) is 0. The molecule has 0 radical (unpaired) electrons. The Morgan fingerprint density at radius 3 is 2.00 bits per heavy atom. The largest absolute Gasteiger partial charge is 0.397 e. The van der Waals surface area contributed by atoms with Crippen LogP contribution in [0.1, 0.15) is 0 Å². The minimum atomic E-state index is 0. The first kappa shape index (κ1) is 11.2. The molecule has 0 fully saturated rings. The Hall–Kier alpha value is 0.180. The molecule has 0 heterocycles. The van der Waals surface area contributed by atoms with Gasteiger partial charge in [0, 0.05) is 0 Å². The van der Waals surface area contributed by atoms with Gasteiger partial charge in [-0.3, -0.25) is 0 Å². The topological polar surface area (TPSA) is 26.0 Å². The highest BCUT2D eigenvalue weighted by atomic mass is 35.5. The van der Waals surface area contributed by atoms with Crippen LogP contribution in [0.3, 0.4) is 0 Å². The minimum Gasteiger partial charge on any atom is -0.397 e. The highest BCUT2D eigenvalue weighted by molar-refractivity contribution is 6.49. The Labute approximate surface area is 85.8 Å². The Bertz CT molecular complexity index is 234. The van der Waals surface area contributed by atoms with Gasteiger partial charge in [0.25, 0.3) is 0 Å². The molecule has 11 heavy (non-hydrogen) atoms. The molecule has 0 bridgehead atoms. The van der Waals surface area contributed by atoms with Gasteiger partial charge in [0.05, 0.1) is 20.8 Å². The molecule has 62 valence electrons. The zero-order valence-corrected chi connectivity index (χ0v) is 8.36. The summed E-state index contributed by atoms with van der Waals surface area (Å²) in [5.74, 6) is 0. The summed E-state index contributed by atoms with van der Waals surface area (Å²) in [7, 11) is 0. The molecule has 0 aromatic heterocycles. The van der Waals surface area contributed by atoms with Gasteiger partial charge in [0.15, 0.2) is 0 Å². The van der Waals surface area contributed by atoms with Crippen molar-refractivity contribution in [3.05, 3.63) is 27.2 Å². The van der Waals surface area contributed by atoms with Gasteiger partial charge < -0.3 is 5.73 Å². The van der Waals surface area contributed by atoms with E-state index < -0.39 is 0 Å². The number of nitrogen functional groups attached to an aromatic ring is 1. The Morgan fingerprint density at radius 2 is 1.55 bits per heavy atom. The van der Waals surface area contributed by atoms with E-state index >= 15 is 0 Å². The lowest BCUT2D eigenvalue weighted by Gasteiger charge is -2.00. The van der Waals surface area contributed by atoms with E-state index in [2.05, 4.69) is 0 Å². The Kier molecular flexibility index (Phi) is 4.34. The van der Waals surface area contributed by atoms with Gasteiger partial charge in [0.2, 0.25) is 0 Å². The van der Waals surface area contributed by atoms with Gasteiger partial charge in [-0.1, -0.05) is 34.8 Å². The van der Waals surface area contributed by atoms with Crippen LogP contribution in [0.15, 0.2) is 12.1 Å². The van der Waals surface area contributed by atoms with Gasteiger partial charge in [-0.25, -0.2) is 0 Å². The van der Waals surface area contributed by atoms with Gasteiger partial charge >= 0.3 is 0 Å². The molecule has 0 spiro atoms. The summed E-state index contributed by atoms with van der Waals surface area (Å²) >= 11 is 16.9. The minimum absolute atomic E-state index is 0. The summed E-state index contributed by atoms with van der Waals surface area (Å²) in [5, 5.41) is 1.04. The first-order valence-corrected chi connectivity index (χ1v) is 3.65. The van der Waals surface area contributed by atoms with E-state index in [0.717, 1.165) is 0 Å². The summed E-state index contributed by atoms with van der Waals surface area (Å²) in [4.78, 5) is 0. The molecule has 0 unspecified atom stereocenters. The lowest BCUT2D eigenvalue weighted by atomic mass is 10.3. The van der Waals surface area contributed by atoms with E-state index in [4.69, 9.17) is 40.5 Å².